The zero-order valence-electron chi connectivity index (χ0n) is 11.3. The highest BCUT2D eigenvalue weighted by Crippen LogP contribution is 2.08. The van der Waals surface area contributed by atoms with Crippen LogP contribution in [0.1, 0.15) is 25.0 Å². The first-order valence-corrected chi connectivity index (χ1v) is 6.18. The van der Waals surface area contributed by atoms with Gasteiger partial charge in [-0.2, -0.15) is 0 Å². The third-order valence-electron chi connectivity index (χ3n) is 2.50. The molecule has 0 fully saturated rings. The second-order valence-corrected chi connectivity index (χ2v) is 4.85. The summed E-state index contributed by atoms with van der Waals surface area (Å²) >= 11 is 0. The van der Waals surface area contributed by atoms with Gasteiger partial charge in [0.25, 0.3) is 0 Å². The smallest absolute Gasteiger partial charge is 0.409 e. The highest BCUT2D eigenvalue weighted by atomic mass is 16.6. The quantitative estimate of drug-likeness (QED) is 0.872. The van der Waals surface area contributed by atoms with Gasteiger partial charge in [-0.25, -0.2) is 4.79 Å². The van der Waals surface area contributed by atoms with E-state index in [4.69, 9.17) is 10.5 Å². The van der Waals surface area contributed by atoms with E-state index in [2.05, 4.69) is 0 Å². The molecule has 0 heterocycles. The number of benzene rings is 1. The van der Waals surface area contributed by atoms with Crippen molar-refractivity contribution < 1.29 is 9.53 Å². The lowest BCUT2D eigenvalue weighted by Crippen LogP contribution is -2.28. The van der Waals surface area contributed by atoms with Crippen LogP contribution in [0.4, 0.5) is 4.79 Å². The Hall–Kier alpha value is -1.55. The SMILES string of the molecule is CC(C)COC(=O)N(C)Cc1cccc(CN)c1. The molecule has 0 atom stereocenters. The molecule has 18 heavy (non-hydrogen) atoms. The van der Waals surface area contributed by atoms with Crippen LogP contribution in [0.2, 0.25) is 0 Å². The molecule has 0 aliphatic rings. The zero-order chi connectivity index (χ0) is 13.5. The summed E-state index contributed by atoms with van der Waals surface area (Å²) in [5.41, 5.74) is 7.71. The highest BCUT2D eigenvalue weighted by Gasteiger charge is 2.11. The number of hydrogen-bond donors (Lipinski definition) is 1. The van der Waals surface area contributed by atoms with E-state index in [1.807, 2.05) is 38.1 Å². The first-order chi connectivity index (χ1) is 8.52. The summed E-state index contributed by atoms with van der Waals surface area (Å²) in [7, 11) is 1.73. The summed E-state index contributed by atoms with van der Waals surface area (Å²) in [6.07, 6.45) is -0.290. The van der Waals surface area contributed by atoms with Crippen LogP contribution in [0.25, 0.3) is 0 Å². The predicted octanol–water partition coefficient (Wildman–Crippen LogP) is 2.37. The van der Waals surface area contributed by atoms with Gasteiger partial charge in [0.15, 0.2) is 0 Å². The third kappa shape index (κ3) is 4.75. The Kier molecular flexibility index (Phi) is 5.65. The van der Waals surface area contributed by atoms with Crippen LogP contribution < -0.4 is 5.73 Å². The molecule has 0 saturated carbocycles. The van der Waals surface area contributed by atoms with Crippen molar-refractivity contribution in [2.24, 2.45) is 11.7 Å². The fraction of sp³-hybridized carbons (Fsp3) is 0.500. The van der Waals surface area contributed by atoms with E-state index < -0.39 is 0 Å². The van der Waals surface area contributed by atoms with Crippen LogP contribution in [-0.4, -0.2) is 24.6 Å². The number of amides is 1. The van der Waals surface area contributed by atoms with Crippen LogP contribution in [-0.2, 0) is 17.8 Å². The lowest BCUT2D eigenvalue weighted by molar-refractivity contribution is 0.0980. The molecule has 4 heteroatoms. The minimum absolute atomic E-state index is 0.290. The first-order valence-electron chi connectivity index (χ1n) is 6.18. The maximum absolute atomic E-state index is 11.7. The standard InChI is InChI=1S/C14H22N2O2/c1-11(2)10-18-14(17)16(3)9-13-6-4-5-12(7-13)8-15/h4-7,11H,8-10,15H2,1-3H3. The van der Waals surface area contributed by atoms with Gasteiger partial charge < -0.3 is 15.4 Å². The normalized spacial score (nSPS) is 10.5. The van der Waals surface area contributed by atoms with Gasteiger partial charge in [-0.15, -0.1) is 0 Å². The Morgan fingerprint density at radius 2 is 2.06 bits per heavy atom. The molecule has 0 radical (unpaired) electrons. The molecule has 1 aromatic rings. The van der Waals surface area contributed by atoms with Crippen molar-refractivity contribution in [2.45, 2.75) is 26.9 Å². The fourth-order valence-corrected chi connectivity index (χ4v) is 1.54. The maximum atomic E-state index is 11.7. The van der Waals surface area contributed by atoms with Crippen LogP contribution in [0.15, 0.2) is 24.3 Å². The molecule has 2 N–H and O–H groups in total. The molecule has 1 aromatic carbocycles. The molecular formula is C14H22N2O2. The summed E-state index contributed by atoms with van der Waals surface area (Å²) in [4.78, 5) is 13.3. The van der Waals surface area contributed by atoms with Crippen molar-refractivity contribution in [3.8, 4) is 0 Å². The monoisotopic (exact) mass is 250 g/mol. The molecular weight excluding hydrogens is 228 g/mol. The Bertz CT molecular complexity index is 391. The topological polar surface area (TPSA) is 55.6 Å². The summed E-state index contributed by atoms with van der Waals surface area (Å²) in [5.74, 6) is 0.350. The third-order valence-corrected chi connectivity index (χ3v) is 2.50. The number of nitrogens with zero attached hydrogens (tertiary/aromatic N) is 1. The second-order valence-electron chi connectivity index (χ2n) is 4.85. The van der Waals surface area contributed by atoms with Gasteiger partial charge in [0.2, 0.25) is 0 Å². The molecule has 1 rings (SSSR count). The molecule has 0 unspecified atom stereocenters. The molecule has 0 saturated heterocycles. The zero-order valence-corrected chi connectivity index (χ0v) is 11.3. The summed E-state index contributed by atoms with van der Waals surface area (Å²) in [6.45, 7) is 5.52. The summed E-state index contributed by atoms with van der Waals surface area (Å²) in [6, 6.07) is 7.91. The Labute approximate surface area is 109 Å². The van der Waals surface area contributed by atoms with Gasteiger partial charge in [0.05, 0.1) is 6.61 Å². The predicted molar refractivity (Wildman–Crippen MR) is 72.0 cm³/mol. The number of hydrogen-bond acceptors (Lipinski definition) is 3. The Balaban J connectivity index is 2.52. The van der Waals surface area contributed by atoms with Crippen LogP contribution >= 0.6 is 0 Å². The lowest BCUT2D eigenvalue weighted by atomic mass is 10.1. The van der Waals surface area contributed by atoms with E-state index in [0.717, 1.165) is 11.1 Å². The molecule has 0 spiro atoms. The number of ether oxygens (including phenoxy) is 1. The number of rotatable bonds is 5. The van der Waals surface area contributed by atoms with E-state index in [0.29, 0.717) is 25.6 Å². The maximum Gasteiger partial charge on any atom is 0.409 e. The van der Waals surface area contributed by atoms with Crippen molar-refractivity contribution in [3.05, 3.63) is 35.4 Å². The molecule has 0 aromatic heterocycles. The van der Waals surface area contributed by atoms with Crippen molar-refractivity contribution >= 4 is 6.09 Å². The van der Waals surface area contributed by atoms with Gasteiger partial charge in [0.1, 0.15) is 0 Å². The van der Waals surface area contributed by atoms with Gasteiger partial charge in [0, 0.05) is 20.1 Å². The molecule has 0 bridgehead atoms. The van der Waals surface area contributed by atoms with Crippen molar-refractivity contribution in [1.82, 2.24) is 4.90 Å². The Morgan fingerprint density at radius 1 is 1.39 bits per heavy atom. The molecule has 100 valence electrons. The number of carbonyl (C=O) groups is 1. The molecule has 4 nitrogen and oxygen atoms in total. The van der Waals surface area contributed by atoms with E-state index >= 15 is 0 Å². The van der Waals surface area contributed by atoms with Gasteiger partial charge in [-0.3, -0.25) is 0 Å². The van der Waals surface area contributed by atoms with Gasteiger partial charge in [-0.05, 0) is 17.0 Å². The molecule has 0 aliphatic heterocycles. The number of carbonyl (C=O) groups excluding carboxylic acids is 1. The van der Waals surface area contributed by atoms with E-state index in [1.165, 1.54) is 0 Å². The van der Waals surface area contributed by atoms with Gasteiger partial charge >= 0.3 is 6.09 Å². The summed E-state index contributed by atoms with van der Waals surface area (Å²) < 4.78 is 5.16. The van der Waals surface area contributed by atoms with Crippen molar-refractivity contribution in [1.29, 1.82) is 0 Å². The minimum atomic E-state index is -0.290. The highest BCUT2D eigenvalue weighted by molar-refractivity contribution is 5.67. The van der Waals surface area contributed by atoms with E-state index in [-0.39, 0.29) is 6.09 Å². The summed E-state index contributed by atoms with van der Waals surface area (Å²) in [5, 5.41) is 0. The van der Waals surface area contributed by atoms with Gasteiger partial charge in [-0.1, -0.05) is 38.1 Å². The fourth-order valence-electron chi connectivity index (χ4n) is 1.54. The average molecular weight is 250 g/mol. The van der Waals surface area contributed by atoms with Crippen LogP contribution in [0, 0.1) is 5.92 Å². The van der Waals surface area contributed by atoms with E-state index in [1.54, 1.807) is 11.9 Å². The van der Waals surface area contributed by atoms with Crippen molar-refractivity contribution in [3.63, 3.8) is 0 Å². The van der Waals surface area contributed by atoms with Crippen LogP contribution in [0.5, 0.6) is 0 Å². The average Bonchev–Trinajstić information content (AvgIpc) is 2.36. The lowest BCUT2D eigenvalue weighted by Gasteiger charge is -2.18. The second kappa shape index (κ2) is 7.01. The van der Waals surface area contributed by atoms with E-state index in [9.17, 15) is 4.79 Å². The molecule has 0 aliphatic carbocycles. The van der Waals surface area contributed by atoms with Crippen LogP contribution in [0.3, 0.4) is 0 Å². The number of nitrogens with two attached hydrogens (primary N) is 1. The largest absolute Gasteiger partial charge is 0.449 e. The molecule has 1 amide bonds. The van der Waals surface area contributed by atoms with Crippen molar-refractivity contribution in [2.75, 3.05) is 13.7 Å². The minimum Gasteiger partial charge on any atom is -0.449 e. The first kappa shape index (κ1) is 14.5. The Morgan fingerprint density at radius 3 is 2.67 bits per heavy atom.